The minimum Gasteiger partial charge on any atom is -0.409 e. The van der Waals surface area contributed by atoms with Crippen LogP contribution in [0.2, 0.25) is 0 Å². The second-order valence-corrected chi connectivity index (χ2v) is 4.96. The maximum absolute atomic E-state index is 13.6. The average Bonchev–Trinajstić information content (AvgIpc) is 2.41. The molecule has 0 aliphatic heterocycles. The van der Waals surface area contributed by atoms with Crippen molar-refractivity contribution in [1.29, 1.82) is 0 Å². The highest BCUT2D eigenvalue weighted by Gasteiger charge is 2.23. The lowest BCUT2D eigenvalue weighted by Crippen LogP contribution is -2.34. The summed E-state index contributed by atoms with van der Waals surface area (Å²) in [5.41, 5.74) is 5.11. The average molecular weight is 350 g/mol. The first-order valence-electron chi connectivity index (χ1n) is 5.83. The van der Waals surface area contributed by atoms with Crippen LogP contribution < -0.4 is 11.1 Å². The number of nitrogens with one attached hydrogen (secondary N) is 1. The summed E-state index contributed by atoms with van der Waals surface area (Å²) in [6.45, 7) is 1.81. The first kappa shape index (κ1) is 16.4. The zero-order chi connectivity index (χ0) is 15.3. The highest BCUT2D eigenvalue weighted by Crippen LogP contribution is 2.24. The number of nitrogens with zero attached hydrogens (tertiary/aromatic N) is 1. The van der Waals surface area contributed by atoms with Gasteiger partial charge in [0.05, 0.1) is 16.1 Å². The number of hydrogen-bond acceptors (Lipinski definition) is 3. The lowest BCUT2D eigenvalue weighted by Gasteiger charge is -2.15. The highest BCUT2D eigenvalue weighted by atomic mass is 79.9. The van der Waals surface area contributed by atoms with E-state index in [2.05, 4.69) is 26.4 Å². The highest BCUT2D eigenvalue weighted by molar-refractivity contribution is 9.10. The summed E-state index contributed by atoms with van der Waals surface area (Å²) in [6, 6.07) is 1.76. The number of carbonyl (C=O) groups excluding carboxylic acids is 1. The Kier molecular flexibility index (Phi) is 5.87. The summed E-state index contributed by atoms with van der Waals surface area (Å²) < 4.78 is 26.9. The third kappa shape index (κ3) is 3.89. The van der Waals surface area contributed by atoms with Gasteiger partial charge in [0.15, 0.2) is 5.84 Å². The maximum atomic E-state index is 13.6. The molecule has 0 aromatic heterocycles. The minimum atomic E-state index is -0.906. The summed E-state index contributed by atoms with van der Waals surface area (Å²) in [4.78, 5) is 12.0. The van der Waals surface area contributed by atoms with Gasteiger partial charge in [-0.3, -0.25) is 4.79 Å². The fourth-order valence-corrected chi connectivity index (χ4v) is 1.93. The van der Waals surface area contributed by atoms with Crippen molar-refractivity contribution in [1.82, 2.24) is 0 Å². The fraction of sp³-hybridized carbons (Fsp3) is 0.333. The molecule has 0 aliphatic carbocycles. The quantitative estimate of drug-likeness (QED) is 0.251. The van der Waals surface area contributed by atoms with Crippen LogP contribution in [-0.4, -0.2) is 17.0 Å². The molecule has 0 heterocycles. The molecule has 1 aromatic rings. The van der Waals surface area contributed by atoms with Gasteiger partial charge in [-0.25, -0.2) is 8.78 Å². The lowest BCUT2D eigenvalue weighted by atomic mass is 10.0. The van der Waals surface area contributed by atoms with E-state index < -0.39 is 23.5 Å². The summed E-state index contributed by atoms with van der Waals surface area (Å²) >= 11 is 2.83. The SMILES string of the molecule is CCCC(C(=O)Nc1cc(F)c(Br)cc1F)/C(N)=N/O. The molecule has 1 atom stereocenters. The molecule has 1 unspecified atom stereocenters. The number of oxime groups is 1. The number of rotatable bonds is 5. The van der Waals surface area contributed by atoms with Crippen molar-refractivity contribution < 1.29 is 18.8 Å². The van der Waals surface area contributed by atoms with E-state index in [0.717, 1.165) is 12.1 Å². The number of amidine groups is 1. The minimum absolute atomic E-state index is 0.0467. The van der Waals surface area contributed by atoms with Crippen LogP contribution in [0.4, 0.5) is 14.5 Å². The number of amides is 1. The monoisotopic (exact) mass is 349 g/mol. The smallest absolute Gasteiger partial charge is 0.235 e. The van der Waals surface area contributed by atoms with E-state index in [9.17, 15) is 13.6 Å². The number of carbonyl (C=O) groups is 1. The normalized spacial score (nSPS) is 13.1. The Morgan fingerprint density at radius 3 is 2.70 bits per heavy atom. The van der Waals surface area contributed by atoms with E-state index >= 15 is 0 Å². The van der Waals surface area contributed by atoms with Gasteiger partial charge in [0.2, 0.25) is 5.91 Å². The molecular formula is C12H14BrF2N3O2. The number of hydrogen-bond donors (Lipinski definition) is 3. The second-order valence-electron chi connectivity index (χ2n) is 4.10. The summed E-state index contributed by atoms with van der Waals surface area (Å²) in [5, 5.41) is 13.6. The van der Waals surface area contributed by atoms with Gasteiger partial charge < -0.3 is 16.3 Å². The van der Waals surface area contributed by atoms with Crippen LogP contribution in [-0.2, 0) is 4.79 Å². The molecule has 20 heavy (non-hydrogen) atoms. The summed E-state index contributed by atoms with van der Waals surface area (Å²) in [7, 11) is 0. The van der Waals surface area contributed by atoms with Crippen molar-refractivity contribution in [2.75, 3.05) is 5.32 Å². The molecule has 5 nitrogen and oxygen atoms in total. The van der Waals surface area contributed by atoms with Crippen molar-refractivity contribution in [3.8, 4) is 0 Å². The van der Waals surface area contributed by atoms with Crippen LogP contribution in [0.15, 0.2) is 21.8 Å². The Bertz CT molecular complexity index is 538. The molecule has 1 aromatic carbocycles. The van der Waals surface area contributed by atoms with Gasteiger partial charge in [-0.2, -0.15) is 0 Å². The van der Waals surface area contributed by atoms with Crippen molar-refractivity contribution >= 4 is 33.4 Å². The Balaban J connectivity index is 2.96. The molecule has 0 radical (unpaired) electrons. The molecule has 4 N–H and O–H groups in total. The molecule has 0 aliphatic rings. The van der Waals surface area contributed by atoms with Gasteiger partial charge >= 0.3 is 0 Å². The lowest BCUT2D eigenvalue weighted by molar-refractivity contribution is -0.118. The molecule has 0 bridgehead atoms. The Hall–Kier alpha value is -1.70. The van der Waals surface area contributed by atoms with E-state index in [0.29, 0.717) is 12.8 Å². The zero-order valence-corrected chi connectivity index (χ0v) is 12.2. The number of halogens is 3. The molecular weight excluding hydrogens is 336 g/mol. The Morgan fingerprint density at radius 1 is 1.50 bits per heavy atom. The largest absolute Gasteiger partial charge is 0.409 e. The molecule has 1 amide bonds. The molecule has 0 fully saturated rings. The molecule has 0 spiro atoms. The Morgan fingerprint density at radius 2 is 2.15 bits per heavy atom. The van der Waals surface area contributed by atoms with Gasteiger partial charge in [0, 0.05) is 6.07 Å². The molecule has 110 valence electrons. The van der Waals surface area contributed by atoms with Crippen LogP contribution in [0.1, 0.15) is 19.8 Å². The Labute approximate surface area is 123 Å². The second kappa shape index (κ2) is 7.18. The molecule has 8 heteroatoms. The van der Waals surface area contributed by atoms with Gasteiger partial charge in [0.1, 0.15) is 11.6 Å². The zero-order valence-electron chi connectivity index (χ0n) is 10.7. The fourth-order valence-electron chi connectivity index (χ4n) is 1.61. The van der Waals surface area contributed by atoms with Gasteiger partial charge in [-0.1, -0.05) is 18.5 Å². The third-order valence-corrected chi connectivity index (χ3v) is 3.24. The summed E-state index contributed by atoms with van der Waals surface area (Å²) in [5.74, 6) is -3.35. The summed E-state index contributed by atoms with van der Waals surface area (Å²) in [6.07, 6.45) is 0.924. The van der Waals surface area contributed by atoms with Crippen molar-refractivity contribution in [3.05, 3.63) is 28.2 Å². The van der Waals surface area contributed by atoms with Crippen LogP contribution in [0.3, 0.4) is 0 Å². The first-order chi connectivity index (χ1) is 9.40. The van der Waals surface area contributed by atoms with Gasteiger partial charge in [-0.15, -0.1) is 0 Å². The predicted molar refractivity (Wildman–Crippen MR) is 74.5 cm³/mol. The van der Waals surface area contributed by atoms with Crippen molar-refractivity contribution in [2.24, 2.45) is 16.8 Å². The van der Waals surface area contributed by atoms with Crippen LogP contribution in [0, 0.1) is 17.6 Å². The van der Waals surface area contributed by atoms with Crippen LogP contribution in [0.5, 0.6) is 0 Å². The number of benzene rings is 1. The molecule has 0 saturated carbocycles. The molecule has 1 rings (SSSR count). The third-order valence-electron chi connectivity index (χ3n) is 2.63. The van der Waals surface area contributed by atoms with E-state index in [1.165, 1.54) is 0 Å². The van der Waals surface area contributed by atoms with E-state index in [1.807, 2.05) is 6.92 Å². The molecule has 0 saturated heterocycles. The maximum Gasteiger partial charge on any atom is 0.235 e. The van der Waals surface area contributed by atoms with Gasteiger partial charge in [0.25, 0.3) is 0 Å². The van der Waals surface area contributed by atoms with Crippen molar-refractivity contribution in [3.63, 3.8) is 0 Å². The van der Waals surface area contributed by atoms with Gasteiger partial charge in [-0.05, 0) is 28.4 Å². The van der Waals surface area contributed by atoms with Crippen LogP contribution >= 0.6 is 15.9 Å². The van der Waals surface area contributed by atoms with E-state index in [-0.39, 0.29) is 16.0 Å². The van der Waals surface area contributed by atoms with E-state index in [1.54, 1.807) is 0 Å². The standard InChI is InChI=1S/C12H14BrF2N3O2/c1-2-3-6(11(16)18-20)12(19)17-10-5-8(14)7(13)4-9(10)15/h4-6,20H,2-3H2,1H3,(H2,16,18)(H,17,19). The predicted octanol–water partition coefficient (Wildman–Crippen LogP) is 2.83. The van der Waals surface area contributed by atoms with Crippen LogP contribution in [0.25, 0.3) is 0 Å². The topological polar surface area (TPSA) is 87.7 Å². The van der Waals surface area contributed by atoms with Crippen molar-refractivity contribution in [2.45, 2.75) is 19.8 Å². The number of anilines is 1. The van der Waals surface area contributed by atoms with E-state index in [4.69, 9.17) is 10.9 Å². The number of nitrogens with two attached hydrogens (primary N) is 1. The first-order valence-corrected chi connectivity index (χ1v) is 6.62.